The van der Waals surface area contributed by atoms with Crippen LogP contribution in [-0.2, 0) is 11.4 Å². The summed E-state index contributed by atoms with van der Waals surface area (Å²) in [5.74, 6) is -0.444. The highest BCUT2D eigenvalue weighted by molar-refractivity contribution is 7.88. The molecule has 5 heteroatoms. The van der Waals surface area contributed by atoms with Crippen LogP contribution >= 0.6 is 11.6 Å². The Kier molecular flexibility index (Phi) is 4.19. The fraction of sp³-hybridized carbons (Fsp3) is 0.333. The minimum atomic E-state index is -1.09. The Morgan fingerprint density at radius 2 is 2.21 bits per heavy atom. The summed E-state index contributed by atoms with van der Waals surface area (Å²) in [6.07, 6.45) is 1.54. The van der Waals surface area contributed by atoms with Gasteiger partial charge in [-0.1, -0.05) is 17.7 Å². The molecule has 2 atom stereocenters. The average Bonchev–Trinajstić information content (AvgIpc) is 2.08. The molecule has 2 nitrogen and oxygen atoms in total. The standard InChI is InChI=1S/C9H11ClFNOS/c1-6(12-14(2)13)7-3-4-9(11)8(10)5-7/h3-6,12H,1-2H3/t6-,14?/m0/s1. The van der Waals surface area contributed by atoms with E-state index in [-0.39, 0.29) is 11.1 Å². The van der Waals surface area contributed by atoms with Crippen LogP contribution < -0.4 is 4.72 Å². The van der Waals surface area contributed by atoms with Gasteiger partial charge in [-0.25, -0.2) is 4.39 Å². The first-order valence-corrected chi connectivity index (χ1v) is 5.99. The number of hydrogen-bond donors (Lipinski definition) is 1. The third-order valence-corrected chi connectivity index (χ3v) is 2.76. The fourth-order valence-corrected chi connectivity index (χ4v) is 1.92. The fourth-order valence-electron chi connectivity index (χ4n) is 1.10. The molecule has 14 heavy (non-hydrogen) atoms. The van der Waals surface area contributed by atoms with E-state index in [1.165, 1.54) is 12.1 Å². The van der Waals surface area contributed by atoms with Crippen LogP contribution in [0.5, 0.6) is 0 Å². The van der Waals surface area contributed by atoms with Gasteiger partial charge in [-0.3, -0.25) is 0 Å². The molecule has 0 saturated heterocycles. The number of hydrogen-bond acceptors (Lipinski definition) is 2. The topological polar surface area (TPSA) is 35.1 Å². The summed E-state index contributed by atoms with van der Waals surface area (Å²) in [5.41, 5.74) is 0.812. The van der Waals surface area contributed by atoms with Crippen molar-refractivity contribution in [1.82, 2.24) is 4.72 Å². The van der Waals surface area contributed by atoms with Gasteiger partial charge in [0, 0.05) is 11.4 Å². The van der Waals surface area contributed by atoms with Gasteiger partial charge in [-0.2, -0.15) is 0 Å². The van der Waals surface area contributed by atoms with E-state index >= 15 is 0 Å². The Morgan fingerprint density at radius 3 is 2.71 bits per heavy atom. The quantitative estimate of drug-likeness (QED) is 0.817. The van der Waals surface area contributed by atoms with Gasteiger partial charge in [0.2, 0.25) is 0 Å². The maximum absolute atomic E-state index is 12.8. The Morgan fingerprint density at radius 1 is 1.57 bits per heavy atom. The first-order valence-electron chi connectivity index (χ1n) is 4.05. The van der Waals surface area contributed by atoms with Crippen molar-refractivity contribution in [2.45, 2.75) is 13.0 Å². The van der Waals surface area contributed by atoms with E-state index in [0.29, 0.717) is 0 Å². The van der Waals surface area contributed by atoms with Gasteiger partial charge >= 0.3 is 0 Å². The van der Waals surface area contributed by atoms with Crippen LogP contribution in [0.1, 0.15) is 18.5 Å². The molecule has 0 heterocycles. The lowest BCUT2D eigenvalue weighted by Crippen LogP contribution is -2.25. The zero-order valence-electron chi connectivity index (χ0n) is 7.88. The second-order valence-corrected chi connectivity index (χ2v) is 4.52. The molecular weight excluding hydrogens is 225 g/mol. The number of benzene rings is 1. The van der Waals surface area contributed by atoms with Crippen molar-refractivity contribution >= 4 is 23.0 Å². The minimum absolute atomic E-state index is 0.0815. The summed E-state index contributed by atoms with van der Waals surface area (Å²) >= 11 is 4.52. The molecule has 0 radical (unpaired) electrons. The van der Waals surface area contributed by atoms with Crippen molar-refractivity contribution in [1.29, 1.82) is 0 Å². The lowest BCUT2D eigenvalue weighted by molar-refractivity contribution is 0.571. The maximum atomic E-state index is 12.8. The first-order chi connectivity index (χ1) is 6.50. The molecule has 1 unspecified atom stereocenters. The Balaban J connectivity index is 2.80. The molecule has 0 amide bonds. The molecule has 0 aliphatic carbocycles. The Bertz CT molecular complexity index is 322. The van der Waals surface area contributed by atoms with Crippen molar-refractivity contribution in [2.75, 3.05) is 6.26 Å². The highest BCUT2D eigenvalue weighted by Gasteiger charge is 2.11. The van der Waals surface area contributed by atoms with Crippen LogP contribution in [0.25, 0.3) is 0 Å². The SMILES string of the molecule is C[C@H](N[S+](C)[O-])c1ccc(F)c(Cl)c1. The van der Waals surface area contributed by atoms with Gasteiger partial charge in [0.15, 0.2) is 0 Å². The largest absolute Gasteiger partial charge is 0.598 e. The van der Waals surface area contributed by atoms with Crippen LogP contribution in [0, 0.1) is 5.82 Å². The van der Waals surface area contributed by atoms with E-state index in [0.717, 1.165) is 5.56 Å². The molecule has 1 N–H and O–H groups in total. The number of halogens is 2. The summed E-state index contributed by atoms with van der Waals surface area (Å²) in [4.78, 5) is 0. The molecule has 0 fully saturated rings. The van der Waals surface area contributed by atoms with E-state index in [4.69, 9.17) is 11.6 Å². The van der Waals surface area contributed by atoms with Crippen molar-refractivity contribution in [3.63, 3.8) is 0 Å². The molecule has 78 valence electrons. The molecule has 0 aromatic heterocycles. The summed E-state index contributed by atoms with van der Waals surface area (Å²) in [5, 5.41) is 0.0815. The van der Waals surface area contributed by atoms with E-state index < -0.39 is 17.2 Å². The molecule has 0 spiro atoms. The molecule has 0 aliphatic rings. The summed E-state index contributed by atoms with van der Waals surface area (Å²) in [6, 6.07) is 4.33. The van der Waals surface area contributed by atoms with Gasteiger partial charge in [0.1, 0.15) is 12.1 Å². The predicted molar refractivity (Wildman–Crippen MR) is 57.0 cm³/mol. The van der Waals surface area contributed by atoms with Crippen molar-refractivity contribution in [3.05, 3.63) is 34.6 Å². The van der Waals surface area contributed by atoms with Crippen LogP contribution in [0.3, 0.4) is 0 Å². The zero-order chi connectivity index (χ0) is 10.7. The van der Waals surface area contributed by atoms with E-state index in [9.17, 15) is 8.94 Å². The normalized spacial score (nSPS) is 15.2. The maximum Gasteiger partial charge on any atom is 0.141 e. The summed E-state index contributed by atoms with van der Waals surface area (Å²) < 4.78 is 26.5. The summed E-state index contributed by atoms with van der Waals surface area (Å²) in [6.45, 7) is 1.84. The van der Waals surface area contributed by atoms with Crippen LogP contribution in [0.4, 0.5) is 4.39 Å². The lowest BCUT2D eigenvalue weighted by atomic mass is 10.1. The Labute approximate surface area is 90.8 Å². The third kappa shape index (κ3) is 3.13. The Hall–Kier alpha value is -0.290. The number of nitrogens with one attached hydrogen (secondary N) is 1. The van der Waals surface area contributed by atoms with Crippen LogP contribution in [0.2, 0.25) is 5.02 Å². The minimum Gasteiger partial charge on any atom is -0.598 e. The van der Waals surface area contributed by atoms with Crippen molar-refractivity contribution in [3.8, 4) is 0 Å². The molecule has 1 aromatic rings. The van der Waals surface area contributed by atoms with Gasteiger partial charge in [0.05, 0.1) is 11.1 Å². The van der Waals surface area contributed by atoms with Gasteiger partial charge in [0.25, 0.3) is 0 Å². The van der Waals surface area contributed by atoms with Gasteiger partial charge in [-0.15, -0.1) is 4.72 Å². The van der Waals surface area contributed by atoms with Crippen LogP contribution in [-0.4, -0.2) is 10.8 Å². The lowest BCUT2D eigenvalue weighted by Gasteiger charge is -2.14. The number of rotatable bonds is 3. The first kappa shape index (κ1) is 11.8. The van der Waals surface area contributed by atoms with Gasteiger partial charge in [-0.05, 0) is 24.6 Å². The monoisotopic (exact) mass is 235 g/mol. The molecule has 0 bridgehead atoms. The van der Waals surface area contributed by atoms with Crippen LogP contribution in [0.15, 0.2) is 18.2 Å². The van der Waals surface area contributed by atoms with Gasteiger partial charge < -0.3 is 4.55 Å². The molecule has 0 saturated carbocycles. The second kappa shape index (κ2) is 4.98. The third-order valence-electron chi connectivity index (χ3n) is 1.79. The molecule has 1 aromatic carbocycles. The smallest absolute Gasteiger partial charge is 0.141 e. The van der Waals surface area contributed by atoms with Crippen molar-refractivity contribution in [2.24, 2.45) is 0 Å². The molecule has 0 aliphatic heterocycles. The van der Waals surface area contributed by atoms with E-state index in [1.54, 1.807) is 12.3 Å². The zero-order valence-corrected chi connectivity index (χ0v) is 9.45. The van der Waals surface area contributed by atoms with E-state index in [1.807, 2.05) is 6.92 Å². The average molecular weight is 236 g/mol. The molecule has 1 rings (SSSR count). The highest BCUT2D eigenvalue weighted by atomic mass is 35.5. The van der Waals surface area contributed by atoms with E-state index in [2.05, 4.69) is 4.72 Å². The highest BCUT2D eigenvalue weighted by Crippen LogP contribution is 2.20. The van der Waals surface area contributed by atoms with Crippen molar-refractivity contribution < 1.29 is 8.94 Å². The predicted octanol–water partition coefficient (Wildman–Crippen LogP) is 2.42. The summed E-state index contributed by atoms with van der Waals surface area (Å²) in [7, 11) is 0. The second-order valence-electron chi connectivity index (χ2n) is 2.97. The molecular formula is C9H11ClFNOS.